The summed E-state index contributed by atoms with van der Waals surface area (Å²) >= 11 is 0. The molecule has 2 nitrogen and oxygen atoms in total. The van der Waals surface area contributed by atoms with Gasteiger partial charge in [0.25, 0.3) is 0 Å². The number of benzene rings is 1. The Balaban J connectivity index is 2.01. The van der Waals surface area contributed by atoms with Gasteiger partial charge in [-0.15, -0.1) is 0 Å². The third-order valence-corrected chi connectivity index (χ3v) is 3.31. The van der Waals surface area contributed by atoms with Gasteiger partial charge in [-0.25, -0.2) is 0 Å². The van der Waals surface area contributed by atoms with Gasteiger partial charge in [0.2, 0.25) is 0 Å². The highest BCUT2D eigenvalue weighted by molar-refractivity contribution is 5.80. The lowest BCUT2D eigenvalue weighted by Crippen LogP contribution is -2.10. The van der Waals surface area contributed by atoms with Gasteiger partial charge in [-0.3, -0.25) is 0 Å². The predicted octanol–water partition coefficient (Wildman–Crippen LogP) is 2.25. The van der Waals surface area contributed by atoms with Gasteiger partial charge in [0.05, 0.1) is 5.60 Å². The molecule has 1 aromatic heterocycles. The second-order valence-electron chi connectivity index (χ2n) is 4.72. The molecule has 0 atom stereocenters. The Labute approximate surface area is 89.1 Å². The zero-order chi connectivity index (χ0) is 10.5. The molecule has 0 unspecified atom stereocenters. The lowest BCUT2D eigenvalue weighted by molar-refractivity contribution is 0.151. The van der Waals surface area contributed by atoms with Crippen molar-refractivity contribution in [2.45, 2.75) is 24.9 Å². The summed E-state index contributed by atoms with van der Waals surface area (Å²) in [5.74, 6) is 0. The Bertz CT molecular complexity index is 508. The van der Waals surface area contributed by atoms with E-state index in [1.165, 1.54) is 16.5 Å². The van der Waals surface area contributed by atoms with Crippen LogP contribution in [0.2, 0.25) is 0 Å². The first kappa shape index (κ1) is 8.98. The highest BCUT2D eigenvalue weighted by Gasteiger charge is 2.40. The van der Waals surface area contributed by atoms with Crippen molar-refractivity contribution >= 4 is 10.9 Å². The molecule has 1 heterocycles. The fourth-order valence-corrected chi connectivity index (χ4v) is 2.12. The molecule has 78 valence electrons. The van der Waals surface area contributed by atoms with Crippen LogP contribution < -0.4 is 0 Å². The van der Waals surface area contributed by atoms with E-state index in [1.54, 1.807) is 0 Å². The summed E-state index contributed by atoms with van der Waals surface area (Å²) in [4.78, 5) is 0. The van der Waals surface area contributed by atoms with Crippen molar-refractivity contribution in [3.05, 3.63) is 36.0 Å². The Morgan fingerprint density at radius 2 is 2.13 bits per heavy atom. The molecule has 1 aliphatic carbocycles. The molecule has 1 aliphatic rings. The van der Waals surface area contributed by atoms with E-state index < -0.39 is 5.60 Å². The number of fused-ring (bicyclic) bond motifs is 1. The summed E-state index contributed by atoms with van der Waals surface area (Å²) in [6.45, 7) is 0. The van der Waals surface area contributed by atoms with E-state index in [4.69, 9.17) is 0 Å². The minimum atomic E-state index is -0.390. The lowest BCUT2D eigenvalue weighted by atomic mass is 10.1. The summed E-state index contributed by atoms with van der Waals surface area (Å²) < 4.78 is 2.12. The topological polar surface area (TPSA) is 25.2 Å². The molecule has 0 amide bonds. The Morgan fingerprint density at radius 3 is 2.87 bits per heavy atom. The van der Waals surface area contributed by atoms with E-state index >= 15 is 0 Å². The number of aryl methyl sites for hydroxylation is 1. The molecule has 1 saturated carbocycles. The van der Waals surface area contributed by atoms with Gasteiger partial charge in [0.15, 0.2) is 0 Å². The molecule has 1 aromatic carbocycles. The first-order valence-corrected chi connectivity index (χ1v) is 5.43. The van der Waals surface area contributed by atoms with Crippen LogP contribution in [0.4, 0.5) is 0 Å². The van der Waals surface area contributed by atoms with Crippen molar-refractivity contribution in [1.29, 1.82) is 0 Å². The normalized spacial score (nSPS) is 18.3. The summed E-state index contributed by atoms with van der Waals surface area (Å²) in [5.41, 5.74) is 2.10. The summed E-state index contributed by atoms with van der Waals surface area (Å²) in [6.07, 6.45) is 4.78. The molecule has 1 N–H and O–H groups in total. The molecule has 3 rings (SSSR count). The van der Waals surface area contributed by atoms with E-state index in [0.717, 1.165) is 19.3 Å². The van der Waals surface area contributed by atoms with Crippen LogP contribution in [0.15, 0.2) is 30.5 Å². The SMILES string of the molecule is Cn1ccc2ccc(CC3(O)CC3)cc21. The molecule has 2 heteroatoms. The molecular weight excluding hydrogens is 186 g/mol. The zero-order valence-electron chi connectivity index (χ0n) is 8.90. The largest absolute Gasteiger partial charge is 0.390 e. The fraction of sp³-hybridized carbons (Fsp3) is 0.385. The van der Waals surface area contributed by atoms with Gasteiger partial charge in [-0.1, -0.05) is 12.1 Å². The third kappa shape index (κ3) is 1.55. The fourth-order valence-electron chi connectivity index (χ4n) is 2.12. The van der Waals surface area contributed by atoms with Crippen LogP contribution in [0.25, 0.3) is 10.9 Å². The van der Waals surface area contributed by atoms with Crippen molar-refractivity contribution < 1.29 is 5.11 Å². The van der Waals surface area contributed by atoms with Gasteiger partial charge in [0.1, 0.15) is 0 Å². The zero-order valence-corrected chi connectivity index (χ0v) is 8.90. The first-order chi connectivity index (χ1) is 7.16. The van der Waals surface area contributed by atoms with Crippen molar-refractivity contribution in [3.8, 4) is 0 Å². The van der Waals surface area contributed by atoms with Crippen LogP contribution in [-0.2, 0) is 13.5 Å². The standard InChI is InChI=1S/C13H15NO/c1-14-7-4-11-3-2-10(8-12(11)14)9-13(15)5-6-13/h2-4,7-8,15H,5-6,9H2,1H3. The molecule has 0 spiro atoms. The molecule has 1 fully saturated rings. The van der Waals surface area contributed by atoms with Crippen LogP contribution >= 0.6 is 0 Å². The second-order valence-corrected chi connectivity index (χ2v) is 4.72. The highest BCUT2D eigenvalue weighted by Crippen LogP contribution is 2.38. The summed E-state index contributed by atoms with van der Waals surface area (Å²) in [5, 5.41) is 11.1. The first-order valence-electron chi connectivity index (χ1n) is 5.43. The molecule has 0 saturated heterocycles. The van der Waals surface area contributed by atoms with Gasteiger partial charge in [0, 0.05) is 25.2 Å². The lowest BCUT2D eigenvalue weighted by Gasteiger charge is -2.07. The summed E-state index contributed by atoms with van der Waals surface area (Å²) in [6, 6.07) is 8.56. The van der Waals surface area contributed by atoms with Crippen LogP contribution in [0, 0.1) is 0 Å². The third-order valence-electron chi connectivity index (χ3n) is 3.31. The van der Waals surface area contributed by atoms with Crippen molar-refractivity contribution in [1.82, 2.24) is 4.57 Å². The van der Waals surface area contributed by atoms with Gasteiger partial charge in [-0.2, -0.15) is 0 Å². The van der Waals surface area contributed by atoms with E-state index in [2.05, 4.69) is 42.1 Å². The number of hydrogen-bond acceptors (Lipinski definition) is 1. The van der Waals surface area contributed by atoms with E-state index in [9.17, 15) is 5.11 Å². The van der Waals surface area contributed by atoms with E-state index in [-0.39, 0.29) is 0 Å². The van der Waals surface area contributed by atoms with Crippen molar-refractivity contribution in [2.75, 3.05) is 0 Å². The Hall–Kier alpha value is -1.28. The van der Waals surface area contributed by atoms with Gasteiger partial charge < -0.3 is 9.67 Å². The van der Waals surface area contributed by atoms with Crippen LogP contribution in [0.5, 0.6) is 0 Å². The minimum Gasteiger partial charge on any atom is -0.390 e. The van der Waals surface area contributed by atoms with Crippen LogP contribution in [0.3, 0.4) is 0 Å². The average Bonchev–Trinajstić information content (AvgIpc) is 2.82. The summed E-state index contributed by atoms with van der Waals surface area (Å²) in [7, 11) is 2.05. The highest BCUT2D eigenvalue weighted by atomic mass is 16.3. The van der Waals surface area contributed by atoms with E-state index in [1.807, 2.05) is 0 Å². The minimum absolute atomic E-state index is 0.390. The van der Waals surface area contributed by atoms with Crippen molar-refractivity contribution in [2.24, 2.45) is 7.05 Å². The number of rotatable bonds is 2. The maximum Gasteiger partial charge on any atom is 0.0690 e. The molecule has 0 radical (unpaired) electrons. The second kappa shape index (κ2) is 2.86. The number of aromatic nitrogens is 1. The molecule has 2 aromatic rings. The van der Waals surface area contributed by atoms with Gasteiger partial charge in [-0.05, 0) is 35.9 Å². The van der Waals surface area contributed by atoms with Crippen LogP contribution in [-0.4, -0.2) is 15.3 Å². The maximum absolute atomic E-state index is 9.87. The Morgan fingerprint density at radius 1 is 1.33 bits per heavy atom. The number of nitrogens with zero attached hydrogens (tertiary/aromatic N) is 1. The monoisotopic (exact) mass is 201 g/mol. The molecule has 0 bridgehead atoms. The average molecular weight is 201 g/mol. The maximum atomic E-state index is 9.87. The quantitative estimate of drug-likeness (QED) is 0.792. The van der Waals surface area contributed by atoms with E-state index in [0.29, 0.717) is 0 Å². The molecule has 15 heavy (non-hydrogen) atoms. The van der Waals surface area contributed by atoms with Crippen molar-refractivity contribution in [3.63, 3.8) is 0 Å². The number of aliphatic hydroxyl groups is 1. The Kier molecular flexibility index (Phi) is 1.71. The smallest absolute Gasteiger partial charge is 0.0690 e. The molecule has 0 aliphatic heterocycles. The molecular formula is C13H15NO. The van der Waals surface area contributed by atoms with Gasteiger partial charge >= 0.3 is 0 Å². The number of hydrogen-bond donors (Lipinski definition) is 1. The predicted molar refractivity (Wildman–Crippen MR) is 60.8 cm³/mol. The van der Waals surface area contributed by atoms with Crippen LogP contribution in [0.1, 0.15) is 18.4 Å².